The van der Waals surface area contributed by atoms with Crippen molar-refractivity contribution in [2.24, 2.45) is 0 Å². The minimum atomic E-state index is -1.16. The number of Topliss-reactive ketones (excluding diaryl/α,β-unsaturated/α-hetero) is 1. The van der Waals surface area contributed by atoms with Crippen LogP contribution in [0.3, 0.4) is 0 Å². The predicted octanol–water partition coefficient (Wildman–Crippen LogP) is 0.770. The van der Waals surface area contributed by atoms with Crippen LogP contribution in [0.1, 0.15) is 25.0 Å². The summed E-state index contributed by atoms with van der Waals surface area (Å²) in [5.41, 5.74) is 0.126. The lowest BCUT2D eigenvalue weighted by atomic mass is 9.95. The Kier molecular flexibility index (Phi) is 3.35. The number of ether oxygens (including phenoxy) is 1. The molecule has 0 unspecified atom stereocenters. The summed E-state index contributed by atoms with van der Waals surface area (Å²) in [6, 6.07) is 1.46. The molecule has 0 aliphatic carbocycles. The van der Waals surface area contributed by atoms with Crippen LogP contribution in [0.2, 0.25) is 0 Å². The Morgan fingerprint density at radius 1 is 1.61 bits per heavy atom. The van der Waals surface area contributed by atoms with E-state index in [0.29, 0.717) is 5.56 Å². The van der Waals surface area contributed by atoms with Crippen LogP contribution in [0.15, 0.2) is 18.5 Å². The number of aliphatic hydroxyl groups excluding tert-OH is 1. The fourth-order valence-corrected chi connectivity index (χ4v) is 1.95. The van der Waals surface area contributed by atoms with Crippen molar-refractivity contribution in [1.82, 2.24) is 4.98 Å². The number of carbonyl (C=O) groups is 1. The summed E-state index contributed by atoms with van der Waals surface area (Å²) in [4.78, 5) is 25.5. The monoisotopic (exact) mass is 252 g/mol. The minimum absolute atomic E-state index is 0.0731. The largest absolute Gasteiger partial charge is 0.383 e. The van der Waals surface area contributed by atoms with E-state index in [9.17, 15) is 20.0 Å². The number of nitro groups is 1. The van der Waals surface area contributed by atoms with E-state index in [-0.39, 0.29) is 17.9 Å². The molecule has 1 aromatic heterocycles. The molecular formula is C11H12N2O5. The van der Waals surface area contributed by atoms with E-state index in [2.05, 4.69) is 4.98 Å². The van der Waals surface area contributed by atoms with Crippen molar-refractivity contribution < 1.29 is 19.6 Å². The van der Waals surface area contributed by atoms with Gasteiger partial charge in [0.25, 0.3) is 5.69 Å². The number of ketones is 1. The summed E-state index contributed by atoms with van der Waals surface area (Å²) < 4.78 is 5.44. The molecule has 2 rings (SSSR count). The minimum Gasteiger partial charge on any atom is -0.383 e. The zero-order chi connectivity index (χ0) is 13.3. The van der Waals surface area contributed by atoms with Crippen molar-refractivity contribution in [2.45, 2.75) is 31.7 Å². The highest BCUT2D eigenvalue weighted by atomic mass is 16.6. The van der Waals surface area contributed by atoms with Gasteiger partial charge < -0.3 is 9.84 Å². The maximum Gasteiger partial charge on any atom is 0.293 e. The Labute approximate surface area is 103 Å². The SMILES string of the molecule is C[C@H]1O[C@@H](c2ccncc2[N+](=O)[O-])CC(=O)[C@@H]1O. The Hall–Kier alpha value is -1.86. The van der Waals surface area contributed by atoms with Crippen LogP contribution in [0.25, 0.3) is 0 Å². The number of pyridine rings is 1. The number of rotatable bonds is 2. The first kappa shape index (κ1) is 12.6. The molecule has 1 aromatic rings. The molecule has 1 N–H and O–H groups in total. The summed E-state index contributed by atoms with van der Waals surface area (Å²) in [6.07, 6.45) is -0.0911. The normalized spacial score (nSPS) is 28.1. The number of aliphatic hydroxyl groups is 1. The van der Waals surface area contributed by atoms with Crippen LogP contribution in [0, 0.1) is 10.1 Å². The Bertz CT molecular complexity index is 490. The zero-order valence-electron chi connectivity index (χ0n) is 9.65. The first-order valence-electron chi connectivity index (χ1n) is 5.45. The van der Waals surface area contributed by atoms with E-state index in [1.807, 2.05) is 0 Å². The van der Waals surface area contributed by atoms with Crippen LogP contribution >= 0.6 is 0 Å². The fourth-order valence-electron chi connectivity index (χ4n) is 1.95. The maximum absolute atomic E-state index is 11.6. The summed E-state index contributed by atoms with van der Waals surface area (Å²) >= 11 is 0. The molecular weight excluding hydrogens is 240 g/mol. The Balaban J connectivity index is 2.32. The fraction of sp³-hybridized carbons (Fsp3) is 0.455. The van der Waals surface area contributed by atoms with Gasteiger partial charge in [0.15, 0.2) is 5.78 Å². The van der Waals surface area contributed by atoms with Gasteiger partial charge >= 0.3 is 0 Å². The molecule has 18 heavy (non-hydrogen) atoms. The average molecular weight is 252 g/mol. The number of hydrogen-bond donors (Lipinski definition) is 1. The number of aromatic nitrogens is 1. The van der Waals surface area contributed by atoms with Gasteiger partial charge in [0, 0.05) is 12.6 Å². The standard InChI is InChI=1S/C11H12N2O5/c1-6-11(15)9(14)4-10(18-6)7-2-3-12-5-8(7)13(16)17/h2-3,5-6,10-11,15H,4H2,1H3/t6-,10-,11-/m1/s1. The van der Waals surface area contributed by atoms with Crippen molar-refractivity contribution in [3.63, 3.8) is 0 Å². The molecule has 0 aromatic carbocycles. The van der Waals surface area contributed by atoms with E-state index >= 15 is 0 Å². The Morgan fingerprint density at radius 3 is 2.94 bits per heavy atom. The molecule has 96 valence electrons. The molecule has 1 aliphatic heterocycles. The number of nitrogens with zero attached hydrogens (tertiary/aromatic N) is 2. The average Bonchev–Trinajstić information content (AvgIpc) is 2.35. The maximum atomic E-state index is 11.6. The molecule has 0 spiro atoms. The van der Waals surface area contributed by atoms with Crippen molar-refractivity contribution >= 4 is 11.5 Å². The van der Waals surface area contributed by atoms with E-state index in [1.165, 1.54) is 12.3 Å². The summed E-state index contributed by atoms with van der Waals surface area (Å²) in [5, 5.41) is 20.3. The van der Waals surface area contributed by atoms with Crippen LogP contribution < -0.4 is 0 Å². The van der Waals surface area contributed by atoms with Gasteiger partial charge in [0.2, 0.25) is 0 Å². The van der Waals surface area contributed by atoms with E-state index in [4.69, 9.17) is 4.74 Å². The van der Waals surface area contributed by atoms with Gasteiger partial charge in [-0.2, -0.15) is 0 Å². The second kappa shape index (κ2) is 4.79. The third-order valence-corrected chi connectivity index (χ3v) is 2.92. The third-order valence-electron chi connectivity index (χ3n) is 2.92. The zero-order valence-corrected chi connectivity index (χ0v) is 9.65. The molecule has 0 bridgehead atoms. The van der Waals surface area contributed by atoms with Gasteiger partial charge in [-0.1, -0.05) is 0 Å². The second-order valence-corrected chi connectivity index (χ2v) is 4.14. The molecule has 0 saturated carbocycles. The smallest absolute Gasteiger partial charge is 0.293 e. The molecule has 1 aliphatic rings. The summed E-state index contributed by atoms with van der Waals surface area (Å²) in [7, 11) is 0. The first-order valence-corrected chi connectivity index (χ1v) is 5.45. The molecule has 7 nitrogen and oxygen atoms in total. The predicted molar refractivity (Wildman–Crippen MR) is 59.8 cm³/mol. The van der Waals surface area contributed by atoms with Gasteiger partial charge in [0.05, 0.1) is 22.7 Å². The Morgan fingerprint density at radius 2 is 2.33 bits per heavy atom. The van der Waals surface area contributed by atoms with Gasteiger partial charge in [-0.05, 0) is 13.0 Å². The van der Waals surface area contributed by atoms with Crippen LogP contribution in [0.4, 0.5) is 5.69 Å². The quantitative estimate of drug-likeness (QED) is 0.616. The van der Waals surface area contributed by atoms with Gasteiger partial charge in [-0.3, -0.25) is 19.9 Å². The lowest BCUT2D eigenvalue weighted by Crippen LogP contribution is -2.40. The van der Waals surface area contributed by atoms with Crippen molar-refractivity contribution in [3.05, 3.63) is 34.1 Å². The molecule has 0 amide bonds. The van der Waals surface area contributed by atoms with Gasteiger partial charge in [-0.15, -0.1) is 0 Å². The number of carbonyl (C=O) groups excluding carboxylic acids is 1. The molecule has 7 heteroatoms. The topological polar surface area (TPSA) is 103 Å². The van der Waals surface area contributed by atoms with Gasteiger partial charge in [0.1, 0.15) is 12.3 Å². The van der Waals surface area contributed by atoms with Crippen LogP contribution in [0.5, 0.6) is 0 Å². The summed E-state index contributed by atoms with van der Waals surface area (Å²) in [6.45, 7) is 1.56. The van der Waals surface area contributed by atoms with Crippen molar-refractivity contribution in [3.8, 4) is 0 Å². The van der Waals surface area contributed by atoms with Crippen LogP contribution in [-0.4, -0.2) is 33.0 Å². The third kappa shape index (κ3) is 2.22. The number of hydrogen-bond acceptors (Lipinski definition) is 6. The van der Waals surface area contributed by atoms with E-state index < -0.39 is 23.2 Å². The second-order valence-electron chi connectivity index (χ2n) is 4.14. The van der Waals surface area contributed by atoms with Crippen LogP contribution in [-0.2, 0) is 9.53 Å². The van der Waals surface area contributed by atoms with E-state index in [1.54, 1.807) is 6.92 Å². The highest BCUT2D eigenvalue weighted by molar-refractivity contribution is 5.84. The highest BCUT2D eigenvalue weighted by Gasteiger charge is 2.36. The molecule has 1 fully saturated rings. The van der Waals surface area contributed by atoms with Gasteiger partial charge in [-0.25, -0.2) is 0 Å². The van der Waals surface area contributed by atoms with Crippen molar-refractivity contribution in [2.75, 3.05) is 0 Å². The molecule has 3 atom stereocenters. The molecule has 1 saturated heterocycles. The molecule has 0 radical (unpaired) electrons. The molecule has 2 heterocycles. The van der Waals surface area contributed by atoms with E-state index in [0.717, 1.165) is 6.20 Å². The van der Waals surface area contributed by atoms with Crippen molar-refractivity contribution in [1.29, 1.82) is 0 Å². The highest BCUT2D eigenvalue weighted by Crippen LogP contribution is 2.34. The first-order chi connectivity index (χ1) is 8.50. The lowest BCUT2D eigenvalue weighted by Gasteiger charge is -2.30. The summed E-state index contributed by atoms with van der Waals surface area (Å²) in [5.74, 6) is -0.370. The lowest BCUT2D eigenvalue weighted by molar-refractivity contribution is -0.386.